The van der Waals surface area contributed by atoms with Gasteiger partial charge in [-0.25, -0.2) is 13.8 Å². The van der Waals surface area contributed by atoms with E-state index in [9.17, 15) is 8.78 Å². The van der Waals surface area contributed by atoms with Gasteiger partial charge in [0.1, 0.15) is 17.5 Å². The van der Waals surface area contributed by atoms with Crippen LogP contribution in [0.3, 0.4) is 0 Å². The van der Waals surface area contributed by atoms with Gasteiger partial charge in [-0.3, -0.25) is 0 Å². The summed E-state index contributed by atoms with van der Waals surface area (Å²) < 4.78 is 26.5. The van der Waals surface area contributed by atoms with E-state index in [2.05, 4.69) is 9.97 Å². The molecule has 96 valence electrons. The minimum atomic E-state index is -0.608. The van der Waals surface area contributed by atoms with Crippen molar-refractivity contribution in [2.24, 2.45) is 0 Å². The van der Waals surface area contributed by atoms with Crippen molar-refractivity contribution in [2.45, 2.75) is 13.8 Å². The van der Waals surface area contributed by atoms with Crippen LogP contribution in [0.4, 0.5) is 8.78 Å². The van der Waals surface area contributed by atoms with Gasteiger partial charge in [0.2, 0.25) is 0 Å². The molecular weight excluding hydrogens is 246 g/mol. The summed E-state index contributed by atoms with van der Waals surface area (Å²) in [6, 6.07) is 7.38. The molecule has 0 spiro atoms. The van der Waals surface area contributed by atoms with E-state index >= 15 is 0 Å². The molecule has 1 N–H and O–H groups in total. The van der Waals surface area contributed by atoms with Crippen LogP contribution in [0, 0.1) is 25.5 Å². The predicted octanol–water partition coefficient (Wildman–Crippen LogP) is 4.12. The standard InChI is InChI=1S/C15H12F2N2/c1-8-3-9(2)14-13(4-8)18-15(19-14)10-5-11(16)7-12(17)6-10/h3-7H,1-2H3,(H,18,19). The smallest absolute Gasteiger partial charge is 0.138 e. The molecule has 2 aromatic carbocycles. The van der Waals surface area contributed by atoms with Crippen molar-refractivity contribution in [3.8, 4) is 11.4 Å². The second-order valence-electron chi connectivity index (χ2n) is 4.72. The first-order valence-electron chi connectivity index (χ1n) is 5.96. The molecule has 0 radical (unpaired) electrons. The lowest BCUT2D eigenvalue weighted by Gasteiger charge is -1.97. The van der Waals surface area contributed by atoms with E-state index in [-0.39, 0.29) is 0 Å². The third-order valence-corrected chi connectivity index (χ3v) is 3.06. The Morgan fingerprint density at radius 1 is 0.947 bits per heavy atom. The van der Waals surface area contributed by atoms with Crippen molar-refractivity contribution in [2.75, 3.05) is 0 Å². The highest BCUT2D eigenvalue weighted by Crippen LogP contribution is 2.24. The number of H-pyrrole nitrogens is 1. The number of aryl methyl sites for hydroxylation is 2. The Bertz CT molecular complexity index is 755. The van der Waals surface area contributed by atoms with Gasteiger partial charge in [0.15, 0.2) is 0 Å². The number of fused-ring (bicyclic) bond motifs is 1. The van der Waals surface area contributed by atoms with Crippen LogP contribution < -0.4 is 0 Å². The van der Waals surface area contributed by atoms with Crippen molar-refractivity contribution < 1.29 is 8.78 Å². The van der Waals surface area contributed by atoms with Crippen LogP contribution in [0.1, 0.15) is 11.1 Å². The molecule has 4 heteroatoms. The Hall–Kier alpha value is -2.23. The third kappa shape index (κ3) is 2.10. The van der Waals surface area contributed by atoms with Crippen molar-refractivity contribution in [1.82, 2.24) is 9.97 Å². The SMILES string of the molecule is Cc1cc(C)c2nc(-c3cc(F)cc(F)c3)[nH]c2c1. The second kappa shape index (κ2) is 4.16. The lowest BCUT2D eigenvalue weighted by Crippen LogP contribution is -1.85. The maximum Gasteiger partial charge on any atom is 0.138 e. The Kier molecular flexibility index (Phi) is 2.59. The van der Waals surface area contributed by atoms with Crippen molar-refractivity contribution in [3.63, 3.8) is 0 Å². The molecule has 1 heterocycles. The zero-order chi connectivity index (χ0) is 13.6. The normalized spacial score (nSPS) is 11.2. The van der Waals surface area contributed by atoms with Crippen molar-refractivity contribution in [1.29, 1.82) is 0 Å². The number of aromatic amines is 1. The van der Waals surface area contributed by atoms with Gasteiger partial charge in [0.25, 0.3) is 0 Å². The summed E-state index contributed by atoms with van der Waals surface area (Å²) in [6.45, 7) is 3.96. The van der Waals surface area contributed by atoms with Crippen molar-refractivity contribution >= 4 is 11.0 Å². The first-order chi connectivity index (χ1) is 9.02. The zero-order valence-corrected chi connectivity index (χ0v) is 10.6. The highest BCUT2D eigenvalue weighted by atomic mass is 19.1. The highest BCUT2D eigenvalue weighted by molar-refractivity contribution is 5.83. The summed E-state index contributed by atoms with van der Waals surface area (Å²) in [7, 11) is 0. The van der Waals surface area contributed by atoms with Crippen molar-refractivity contribution in [3.05, 3.63) is 53.1 Å². The highest BCUT2D eigenvalue weighted by Gasteiger charge is 2.10. The van der Waals surface area contributed by atoms with Crippen LogP contribution in [0.5, 0.6) is 0 Å². The summed E-state index contributed by atoms with van der Waals surface area (Å²) in [5, 5.41) is 0. The lowest BCUT2D eigenvalue weighted by molar-refractivity contribution is 0.584. The molecule has 0 aliphatic heterocycles. The topological polar surface area (TPSA) is 28.7 Å². The van der Waals surface area contributed by atoms with Gasteiger partial charge >= 0.3 is 0 Å². The first-order valence-corrected chi connectivity index (χ1v) is 5.96. The minimum Gasteiger partial charge on any atom is -0.338 e. The Balaban J connectivity index is 2.23. The average molecular weight is 258 g/mol. The lowest BCUT2D eigenvalue weighted by atomic mass is 10.1. The van der Waals surface area contributed by atoms with Crippen LogP contribution in [-0.2, 0) is 0 Å². The third-order valence-electron chi connectivity index (χ3n) is 3.06. The quantitative estimate of drug-likeness (QED) is 0.698. The van der Waals surface area contributed by atoms with E-state index in [1.54, 1.807) is 0 Å². The number of nitrogens with one attached hydrogen (secondary N) is 1. The van der Waals surface area contributed by atoms with Crippen LogP contribution in [0.15, 0.2) is 30.3 Å². The molecule has 0 saturated carbocycles. The van der Waals surface area contributed by atoms with E-state index in [4.69, 9.17) is 0 Å². The van der Waals surface area contributed by atoms with Gasteiger partial charge in [-0.1, -0.05) is 6.07 Å². The minimum absolute atomic E-state index is 0.408. The Morgan fingerprint density at radius 3 is 2.32 bits per heavy atom. The number of rotatable bonds is 1. The molecule has 0 atom stereocenters. The fourth-order valence-corrected chi connectivity index (χ4v) is 2.30. The van der Waals surface area contributed by atoms with E-state index in [1.165, 1.54) is 12.1 Å². The largest absolute Gasteiger partial charge is 0.338 e. The Labute approximate surface area is 109 Å². The molecule has 0 aliphatic rings. The summed E-state index contributed by atoms with van der Waals surface area (Å²) in [5.41, 5.74) is 4.26. The maximum atomic E-state index is 13.2. The fraction of sp³-hybridized carbons (Fsp3) is 0.133. The molecule has 0 saturated heterocycles. The van der Waals surface area contributed by atoms with E-state index in [1.807, 2.05) is 26.0 Å². The van der Waals surface area contributed by atoms with Crippen LogP contribution in [-0.4, -0.2) is 9.97 Å². The maximum absolute atomic E-state index is 13.2. The fourth-order valence-electron chi connectivity index (χ4n) is 2.30. The van der Waals surface area contributed by atoms with E-state index in [0.717, 1.165) is 28.2 Å². The second-order valence-corrected chi connectivity index (χ2v) is 4.72. The number of benzene rings is 2. The van der Waals surface area contributed by atoms with Gasteiger partial charge in [0.05, 0.1) is 11.0 Å². The van der Waals surface area contributed by atoms with Gasteiger partial charge in [-0.2, -0.15) is 0 Å². The molecule has 2 nitrogen and oxygen atoms in total. The van der Waals surface area contributed by atoms with Gasteiger partial charge in [-0.15, -0.1) is 0 Å². The number of halogens is 2. The van der Waals surface area contributed by atoms with Gasteiger partial charge in [-0.05, 0) is 43.2 Å². The summed E-state index contributed by atoms with van der Waals surface area (Å²) in [4.78, 5) is 7.52. The van der Waals surface area contributed by atoms with Gasteiger partial charge < -0.3 is 4.98 Å². The number of aromatic nitrogens is 2. The number of hydrogen-bond acceptors (Lipinski definition) is 1. The summed E-state index contributed by atoms with van der Waals surface area (Å²) in [6.07, 6.45) is 0. The van der Waals surface area contributed by atoms with Crippen LogP contribution in [0.25, 0.3) is 22.4 Å². The average Bonchev–Trinajstić information content (AvgIpc) is 2.71. The molecule has 3 rings (SSSR count). The molecule has 0 amide bonds. The molecular formula is C15H12F2N2. The number of imidazole rings is 1. The molecule has 19 heavy (non-hydrogen) atoms. The zero-order valence-electron chi connectivity index (χ0n) is 10.6. The summed E-state index contributed by atoms with van der Waals surface area (Å²) in [5.74, 6) is -0.742. The number of hydrogen-bond donors (Lipinski definition) is 1. The van der Waals surface area contributed by atoms with E-state index in [0.29, 0.717) is 11.4 Å². The molecule has 3 aromatic rings. The summed E-state index contributed by atoms with van der Waals surface area (Å²) >= 11 is 0. The molecule has 1 aromatic heterocycles. The van der Waals surface area contributed by atoms with Crippen LogP contribution in [0.2, 0.25) is 0 Å². The number of nitrogens with zero attached hydrogens (tertiary/aromatic N) is 1. The Morgan fingerprint density at radius 2 is 1.63 bits per heavy atom. The first kappa shape index (κ1) is 11.8. The van der Waals surface area contributed by atoms with Crippen LogP contribution >= 0.6 is 0 Å². The molecule has 0 fully saturated rings. The predicted molar refractivity (Wildman–Crippen MR) is 70.9 cm³/mol. The van der Waals surface area contributed by atoms with E-state index < -0.39 is 11.6 Å². The monoisotopic (exact) mass is 258 g/mol. The van der Waals surface area contributed by atoms with Gasteiger partial charge in [0, 0.05) is 11.6 Å². The molecule has 0 aliphatic carbocycles. The molecule has 0 bridgehead atoms. The molecule has 0 unspecified atom stereocenters.